The molecule has 3 aromatic carbocycles. The van der Waals surface area contributed by atoms with Crippen LogP contribution in [0, 0.1) is 0 Å². The second kappa shape index (κ2) is 27.4. The van der Waals surface area contributed by atoms with Crippen LogP contribution in [0.15, 0.2) is 128 Å². The van der Waals surface area contributed by atoms with E-state index in [0.29, 0.717) is 40.7 Å². The van der Waals surface area contributed by atoms with Crippen LogP contribution in [-0.4, -0.2) is 152 Å². The van der Waals surface area contributed by atoms with Crippen LogP contribution in [0.5, 0.6) is 5.75 Å². The first-order valence-electron chi connectivity index (χ1n) is 30.7. The fraction of sp³-hybridized carbons (Fsp3) is 0.227. The van der Waals surface area contributed by atoms with Gasteiger partial charge in [0.15, 0.2) is 11.6 Å². The zero-order valence-electron chi connectivity index (χ0n) is 53.0. The average molecular weight is 1300 g/mol. The topological polar surface area (TPSA) is 384 Å². The molecular weight excluding hydrogens is 1230 g/mol. The molecule has 0 unspecified atom stereocenters. The number of nitrogens with two attached hydrogens (primary N) is 1. The van der Waals surface area contributed by atoms with Gasteiger partial charge in [-0.25, -0.2) is 15.0 Å². The van der Waals surface area contributed by atoms with E-state index >= 15 is 0 Å². The first kappa shape index (κ1) is 63.7. The molecule has 0 saturated carbocycles. The van der Waals surface area contributed by atoms with Gasteiger partial charge in [-0.2, -0.15) is 0 Å². The monoisotopic (exact) mass is 1300 g/mol. The highest BCUT2D eigenvalue weighted by atomic mass is 16.5. The standard InChI is InChI=1S/C66H69N21O9/c1-82-19-21-87(22-20-82)44-13-17-47-49(30-44)79-60(77-47)38-12-16-46-48(24-38)78-59(76-46)37-10-14-45(15-11-37)96-23-7-9-57(89)80-55-32-70-61(81-55)66(95)72-39-25-50(69-31-39)62(91)73-42-28-52(84(3)35-42)63(92)68-18-6-8-56(88)71-40-27-53(85(4)33-40)64(93)75-43-29-54(86(5)36-43)65(94)74-41-26-51(58(67)90)83(2)34-41/h10-17,24-36,69H,6-9,18-23H2,1-5H3,(H2,67,90)(H,68,92)(H,70,81)(H,71,88)(H,72,95)(H,73,91)(H,74,94)(H,75,93)(H,76,78)(H,77,79)(H,80,89). The van der Waals surface area contributed by atoms with Crippen molar-refractivity contribution in [3.8, 4) is 28.5 Å². The summed E-state index contributed by atoms with van der Waals surface area (Å²) < 4.78 is 12.0. The van der Waals surface area contributed by atoms with Gasteiger partial charge >= 0.3 is 0 Å². The van der Waals surface area contributed by atoms with E-state index in [0.717, 1.165) is 65.2 Å². The number of hydrogen-bond donors (Lipinski definition) is 12. The van der Waals surface area contributed by atoms with Gasteiger partial charge < -0.3 is 95.7 Å². The molecule has 12 rings (SSSR count). The van der Waals surface area contributed by atoms with Crippen LogP contribution in [-0.2, 0) is 37.8 Å². The third-order valence-corrected chi connectivity index (χ3v) is 16.2. The molecule has 11 aromatic rings. The van der Waals surface area contributed by atoms with Gasteiger partial charge in [-0.05, 0) is 111 Å². The number of nitrogens with one attached hydrogen (secondary N) is 11. The zero-order chi connectivity index (χ0) is 67.3. The fourth-order valence-corrected chi connectivity index (χ4v) is 11.1. The fourth-order valence-electron chi connectivity index (χ4n) is 11.1. The third kappa shape index (κ3) is 14.7. The third-order valence-electron chi connectivity index (χ3n) is 16.2. The van der Waals surface area contributed by atoms with Crippen molar-refractivity contribution in [3.05, 3.63) is 162 Å². The van der Waals surface area contributed by atoms with E-state index in [-0.39, 0.29) is 90.0 Å². The Balaban J connectivity index is 0.533. The number of anilines is 7. The minimum Gasteiger partial charge on any atom is -0.494 e. The normalized spacial score (nSPS) is 12.4. The van der Waals surface area contributed by atoms with Gasteiger partial charge in [0, 0.05) is 128 Å². The van der Waals surface area contributed by atoms with Crippen LogP contribution < -0.4 is 52.6 Å². The van der Waals surface area contributed by atoms with Crippen molar-refractivity contribution in [2.24, 2.45) is 33.9 Å². The molecule has 96 heavy (non-hydrogen) atoms. The van der Waals surface area contributed by atoms with E-state index in [9.17, 15) is 38.4 Å². The van der Waals surface area contributed by atoms with Crippen LogP contribution in [0.25, 0.3) is 44.8 Å². The van der Waals surface area contributed by atoms with E-state index in [2.05, 4.69) is 103 Å². The smallest absolute Gasteiger partial charge is 0.291 e. The van der Waals surface area contributed by atoms with Crippen LogP contribution in [0.4, 0.5) is 39.9 Å². The maximum Gasteiger partial charge on any atom is 0.291 e. The molecule has 0 spiro atoms. The number of aryl methyl sites for hydroxylation is 4. The number of carbonyl (C=O) groups is 8. The van der Waals surface area contributed by atoms with E-state index in [1.807, 2.05) is 36.4 Å². The van der Waals surface area contributed by atoms with Gasteiger partial charge in [0.25, 0.3) is 35.4 Å². The van der Waals surface area contributed by atoms with Crippen molar-refractivity contribution >= 4 is 109 Å². The number of H-pyrrole nitrogens is 4. The molecule has 0 aliphatic carbocycles. The number of amides is 8. The predicted octanol–water partition coefficient (Wildman–Crippen LogP) is 6.98. The predicted molar refractivity (Wildman–Crippen MR) is 361 cm³/mol. The quantitative estimate of drug-likeness (QED) is 0.0272. The number of aromatic amines is 4. The van der Waals surface area contributed by atoms with Crippen molar-refractivity contribution in [1.82, 2.24) is 63.4 Å². The summed E-state index contributed by atoms with van der Waals surface area (Å²) in [7, 11) is 8.69. The number of carbonyl (C=O) groups excluding carboxylic acids is 8. The van der Waals surface area contributed by atoms with Gasteiger partial charge in [-0.1, -0.05) is 0 Å². The van der Waals surface area contributed by atoms with E-state index < -0.39 is 35.4 Å². The van der Waals surface area contributed by atoms with Crippen molar-refractivity contribution < 1.29 is 43.1 Å². The molecule has 0 atom stereocenters. The minimum atomic E-state index is -0.643. The lowest BCUT2D eigenvalue weighted by Gasteiger charge is -2.34. The van der Waals surface area contributed by atoms with Crippen molar-refractivity contribution in [2.45, 2.75) is 25.7 Å². The lowest BCUT2D eigenvalue weighted by molar-refractivity contribution is -0.117. The Morgan fingerprint density at radius 1 is 0.500 bits per heavy atom. The number of ether oxygens (including phenoxy) is 1. The molecule has 13 N–H and O–H groups in total. The second-order valence-electron chi connectivity index (χ2n) is 23.3. The number of piperazine rings is 1. The SMILES string of the molecule is CN1CCN(c2ccc3nc(-c4ccc5nc(-c6ccc(OCCCC(=O)Nc7c[nH]c(C(=O)Nc8c[nH]c(C(=O)Nc9cc(C(=O)NCCCC(=O)Nc%10cc(C(=O)Nc%11cc(C(=O)Nc%12cc(C(N)=O)n(C)c%12)n(C)c%11)n(C)c%10)n(C)c9)c8)n7)cc6)[nH]c5c4)[nH]c3c2)CC1. The number of likely N-dealkylation sites (N-methyl/N-ethyl adjacent to an activating group) is 1. The molecule has 0 bridgehead atoms. The highest BCUT2D eigenvalue weighted by Crippen LogP contribution is 2.30. The largest absolute Gasteiger partial charge is 0.494 e. The molecule has 30 nitrogen and oxygen atoms in total. The lowest BCUT2D eigenvalue weighted by Crippen LogP contribution is -2.44. The van der Waals surface area contributed by atoms with Gasteiger partial charge in [0.05, 0.1) is 57.1 Å². The van der Waals surface area contributed by atoms with E-state index in [1.165, 1.54) is 66.7 Å². The summed E-state index contributed by atoms with van der Waals surface area (Å²) in [6, 6.07) is 27.4. The average Bonchev–Trinajstić information content (AvgIpc) is 1.65. The number of fused-ring (bicyclic) bond motifs is 2. The van der Waals surface area contributed by atoms with E-state index in [1.54, 1.807) is 53.0 Å². The van der Waals surface area contributed by atoms with Gasteiger partial charge in [-0.3, -0.25) is 38.4 Å². The van der Waals surface area contributed by atoms with E-state index in [4.69, 9.17) is 20.4 Å². The maximum absolute atomic E-state index is 13.3. The number of aromatic nitrogens is 11. The molecular formula is C66H69N21O9. The Hall–Kier alpha value is -12.5. The number of hydrogen-bond acceptors (Lipinski definition) is 14. The maximum atomic E-state index is 13.3. The summed E-state index contributed by atoms with van der Waals surface area (Å²) in [6.07, 6.45) is 9.93. The zero-order valence-corrected chi connectivity index (χ0v) is 53.0. The summed E-state index contributed by atoms with van der Waals surface area (Å²) in [5, 5.41) is 19.1. The van der Waals surface area contributed by atoms with Crippen LogP contribution in [0.3, 0.4) is 0 Å². The molecule has 1 fully saturated rings. The Morgan fingerprint density at radius 2 is 1.03 bits per heavy atom. The Morgan fingerprint density at radius 3 is 1.67 bits per heavy atom. The molecule has 1 aliphatic rings. The van der Waals surface area contributed by atoms with Crippen LogP contribution in [0.1, 0.15) is 88.7 Å². The summed E-state index contributed by atoms with van der Waals surface area (Å²) >= 11 is 0. The highest BCUT2D eigenvalue weighted by molar-refractivity contribution is 6.09. The second-order valence-corrected chi connectivity index (χ2v) is 23.3. The number of rotatable bonds is 24. The van der Waals surface area contributed by atoms with Crippen LogP contribution in [0.2, 0.25) is 0 Å². The minimum absolute atomic E-state index is 0.0455. The first-order chi connectivity index (χ1) is 46.2. The highest BCUT2D eigenvalue weighted by Gasteiger charge is 2.23. The van der Waals surface area contributed by atoms with Gasteiger partial charge in [0.2, 0.25) is 11.8 Å². The molecule has 1 saturated heterocycles. The number of imidazole rings is 3. The Labute approximate surface area is 547 Å². The van der Waals surface area contributed by atoms with Crippen LogP contribution >= 0.6 is 0 Å². The lowest BCUT2D eigenvalue weighted by atomic mass is 10.2. The van der Waals surface area contributed by atoms with Crippen molar-refractivity contribution in [2.75, 3.05) is 83.2 Å². The molecule has 1 aliphatic heterocycles. The van der Waals surface area contributed by atoms with Crippen molar-refractivity contribution in [3.63, 3.8) is 0 Å². The first-order valence-corrected chi connectivity index (χ1v) is 30.7. The Kier molecular flexibility index (Phi) is 18.2. The molecule has 30 heteroatoms. The van der Waals surface area contributed by atoms with Gasteiger partial charge in [-0.15, -0.1) is 0 Å². The molecule has 9 heterocycles. The Bertz CT molecular complexity index is 4790. The summed E-state index contributed by atoms with van der Waals surface area (Å²) in [5.74, 6) is -1.72. The number of nitrogens with zero attached hydrogens (tertiary/aromatic N) is 9. The number of primary amides is 1. The number of benzene rings is 3. The molecule has 8 aromatic heterocycles. The molecule has 0 radical (unpaired) electrons. The molecule has 492 valence electrons. The summed E-state index contributed by atoms with van der Waals surface area (Å²) in [4.78, 5) is 134. The van der Waals surface area contributed by atoms with Crippen molar-refractivity contribution in [1.29, 1.82) is 0 Å². The summed E-state index contributed by atoms with van der Waals surface area (Å²) in [6.45, 7) is 4.49. The molecule has 8 amide bonds. The van der Waals surface area contributed by atoms with Gasteiger partial charge in [0.1, 0.15) is 45.9 Å². The summed E-state index contributed by atoms with van der Waals surface area (Å²) in [5.41, 5.74) is 14.7.